The Balaban J connectivity index is 1.44. The maximum Gasteiger partial charge on any atom is 0.0702 e. The zero-order valence-electron chi connectivity index (χ0n) is 17.0. The Morgan fingerprint density at radius 2 is 1.75 bits per heavy atom. The van der Waals surface area contributed by atoms with Gasteiger partial charge in [0.05, 0.1) is 6.10 Å². The van der Waals surface area contributed by atoms with Crippen molar-refractivity contribution in [2.45, 2.75) is 58.1 Å². The summed E-state index contributed by atoms with van der Waals surface area (Å²) in [4.78, 5) is 2.66. The average Bonchev–Trinajstić information content (AvgIpc) is 3.11. The van der Waals surface area contributed by atoms with Crippen molar-refractivity contribution < 1.29 is 4.74 Å². The molecular weight excluding hydrogens is 410 g/mol. The minimum absolute atomic E-state index is 0.409. The summed E-state index contributed by atoms with van der Waals surface area (Å²) in [7, 11) is 0. The maximum atomic E-state index is 5.98. The van der Waals surface area contributed by atoms with E-state index >= 15 is 0 Å². The zero-order chi connectivity index (χ0) is 19.3. The summed E-state index contributed by atoms with van der Waals surface area (Å²) < 4.78 is 7.22. The van der Waals surface area contributed by atoms with Crippen molar-refractivity contribution >= 4 is 15.9 Å². The van der Waals surface area contributed by atoms with Gasteiger partial charge >= 0.3 is 0 Å². The van der Waals surface area contributed by atoms with Gasteiger partial charge in [0.1, 0.15) is 0 Å². The normalized spacial score (nSPS) is 20.3. The van der Waals surface area contributed by atoms with Gasteiger partial charge in [0.25, 0.3) is 0 Å². The number of aryl methyl sites for hydroxylation is 3. The number of hydrogen-bond donors (Lipinski definition) is 0. The molecular formula is C25H32BrNO. The number of halogens is 1. The molecule has 0 saturated carbocycles. The first-order chi connectivity index (χ1) is 13.7. The van der Waals surface area contributed by atoms with Crippen molar-refractivity contribution in [3.05, 3.63) is 69.2 Å². The molecule has 0 radical (unpaired) electrons. The van der Waals surface area contributed by atoms with Crippen LogP contribution >= 0.6 is 15.9 Å². The lowest BCUT2D eigenvalue weighted by Crippen LogP contribution is -2.36. The predicted molar refractivity (Wildman–Crippen MR) is 120 cm³/mol. The Bertz CT molecular complexity index is 757. The monoisotopic (exact) mass is 441 g/mol. The van der Waals surface area contributed by atoms with E-state index in [0.29, 0.717) is 6.10 Å². The highest BCUT2D eigenvalue weighted by molar-refractivity contribution is 9.10. The van der Waals surface area contributed by atoms with Gasteiger partial charge in [-0.25, -0.2) is 0 Å². The first-order valence-electron chi connectivity index (χ1n) is 10.8. The van der Waals surface area contributed by atoms with Crippen LogP contribution in [0.4, 0.5) is 0 Å². The molecule has 0 spiro atoms. The number of ether oxygens (including phenoxy) is 1. The molecule has 2 aromatic carbocycles. The van der Waals surface area contributed by atoms with Gasteiger partial charge in [-0.15, -0.1) is 0 Å². The molecule has 2 nitrogen and oxygen atoms in total. The number of benzene rings is 2. The van der Waals surface area contributed by atoms with Crippen molar-refractivity contribution in [3.63, 3.8) is 0 Å². The molecule has 1 aliphatic heterocycles. The van der Waals surface area contributed by atoms with Crippen molar-refractivity contribution in [2.75, 3.05) is 19.7 Å². The summed E-state index contributed by atoms with van der Waals surface area (Å²) in [5.41, 5.74) is 5.83. The Kier molecular flexibility index (Phi) is 6.87. The van der Waals surface area contributed by atoms with E-state index in [9.17, 15) is 0 Å². The molecule has 1 aliphatic carbocycles. The summed E-state index contributed by atoms with van der Waals surface area (Å²) in [5.74, 6) is 0.762. The van der Waals surface area contributed by atoms with Crippen LogP contribution in [0, 0.1) is 12.8 Å². The average molecular weight is 442 g/mol. The fourth-order valence-electron chi connectivity index (χ4n) is 4.76. The molecule has 0 amide bonds. The van der Waals surface area contributed by atoms with Gasteiger partial charge in [-0.05, 0) is 79.7 Å². The number of rotatable bonds is 6. The van der Waals surface area contributed by atoms with E-state index in [4.69, 9.17) is 4.74 Å². The minimum Gasteiger partial charge on any atom is -0.377 e. The molecule has 28 heavy (non-hydrogen) atoms. The predicted octanol–water partition coefficient (Wildman–Crippen LogP) is 5.93. The highest BCUT2D eigenvalue weighted by Gasteiger charge is 2.24. The Labute approximate surface area is 178 Å². The highest BCUT2D eigenvalue weighted by Crippen LogP contribution is 2.27. The molecule has 0 N–H and O–H groups in total. The van der Waals surface area contributed by atoms with Gasteiger partial charge in [-0.1, -0.05) is 52.3 Å². The van der Waals surface area contributed by atoms with Crippen LogP contribution in [0.1, 0.15) is 47.9 Å². The van der Waals surface area contributed by atoms with Crippen molar-refractivity contribution in [3.8, 4) is 0 Å². The smallest absolute Gasteiger partial charge is 0.0702 e. The highest BCUT2D eigenvalue weighted by atomic mass is 79.9. The van der Waals surface area contributed by atoms with E-state index in [1.165, 1.54) is 60.7 Å². The van der Waals surface area contributed by atoms with Crippen LogP contribution in [-0.2, 0) is 24.1 Å². The summed E-state index contributed by atoms with van der Waals surface area (Å²) in [6.07, 6.45) is 7.88. The third-order valence-corrected chi connectivity index (χ3v) is 7.11. The van der Waals surface area contributed by atoms with Gasteiger partial charge in [-0.3, -0.25) is 4.90 Å². The lowest BCUT2D eigenvalue weighted by Gasteiger charge is -2.29. The summed E-state index contributed by atoms with van der Waals surface area (Å²) >= 11 is 3.79. The van der Waals surface area contributed by atoms with Crippen molar-refractivity contribution in [1.29, 1.82) is 0 Å². The van der Waals surface area contributed by atoms with Crippen LogP contribution in [0.3, 0.4) is 0 Å². The molecule has 1 unspecified atom stereocenters. The second-order valence-electron chi connectivity index (χ2n) is 8.64. The molecule has 1 fully saturated rings. The third-order valence-electron chi connectivity index (χ3n) is 6.37. The number of nitrogens with zero attached hydrogens (tertiary/aromatic N) is 1. The standard InChI is InChI=1S/C25H32BrNO/c1-19-8-11-23(25(26)15-19)17-27(18-24-7-4-14-28-24)16-20-9-12-21-5-2-3-6-22(21)13-10-20/h2-3,5-6,8,11,15,20,24H,4,7,9-10,12-14,16-18H2,1H3. The summed E-state index contributed by atoms with van der Waals surface area (Å²) in [6.45, 7) is 6.33. The maximum absolute atomic E-state index is 5.98. The fraction of sp³-hybridized carbons (Fsp3) is 0.520. The van der Waals surface area contributed by atoms with E-state index in [1.54, 1.807) is 11.1 Å². The zero-order valence-corrected chi connectivity index (χ0v) is 18.6. The van der Waals surface area contributed by atoms with E-state index in [0.717, 1.165) is 25.6 Å². The van der Waals surface area contributed by atoms with Crippen LogP contribution in [0.5, 0.6) is 0 Å². The number of fused-ring (bicyclic) bond motifs is 1. The SMILES string of the molecule is Cc1ccc(CN(CC2CCc3ccccc3CC2)CC2CCCO2)c(Br)c1. The van der Waals surface area contributed by atoms with Gasteiger partial charge in [0.2, 0.25) is 0 Å². The van der Waals surface area contributed by atoms with Gasteiger partial charge in [0.15, 0.2) is 0 Å². The first-order valence-corrected chi connectivity index (χ1v) is 11.6. The molecule has 1 saturated heterocycles. The molecule has 1 atom stereocenters. The largest absolute Gasteiger partial charge is 0.377 e. The Morgan fingerprint density at radius 3 is 2.39 bits per heavy atom. The fourth-order valence-corrected chi connectivity index (χ4v) is 5.38. The van der Waals surface area contributed by atoms with Crippen LogP contribution in [0.2, 0.25) is 0 Å². The van der Waals surface area contributed by atoms with E-state index in [-0.39, 0.29) is 0 Å². The van der Waals surface area contributed by atoms with Crippen LogP contribution in [0.25, 0.3) is 0 Å². The molecule has 0 bridgehead atoms. The number of hydrogen-bond acceptors (Lipinski definition) is 2. The van der Waals surface area contributed by atoms with Crippen LogP contribution in [-0.4, -0.2) is 30.7 Å². The second-order valence-corrected chi connectivity index (χ2v) is 9.49. The molecule has 0 aromatic heterocycles. The van der Waals surface area contributed by atoms with E-state index < -0.39 is 0 Å². The molecule has 150 valence electrons. The molecule has 2 aromatic rings. The topological polar surface area (TPSA) is 12.5 Å². The van der Waals surface area contributed by atoms with Gasteiger partial charge in [0, 0.05) is 30.7 Å². The van der Waals surface area contributed by atoms with Crippen LogP contribution < -0.4 is 0 Å². The Morgan fingerprint density at radius 1 is 1.00 bits per heavy atom. The van der Waals surface area contributed by atoms with Gasteiger partial charge < -0.3 is 4.74 Å². The molecule has 1 heterocycles. The van der Waals surface area contributed by atoms with E-state index in [2.05, 4.69) is 70.2 Å². The summed E-state index contributed by atoms with van der Waals surface area (Å²) in [6, 6.07) is 15.8. The third kappa shape index (κ3) is 5.25. The minimum atomic E-state index is 0.409. The second kappa shape index (κ2) is 9.56. The molecule has 4 rings (SSSR count). The molecule has 3 heteroatoms. The Hall–Kier alpha value is -1.16. The van der Waals surface area contributed by atoms with Crippen LogP contribution in [0.15, 0.2) is 46.9 Å². The van der Waals surface area contributed by atoms with Gasteiger partial charge in [-0.2, -0.15) is 0 Å². The van der Waals surface area contributed by atoms with Crippen molar-refractivity contribution in [2.24, 2.45) is 5.92 Å². The lowest BCUT2D eigenvalue weighted by atomic mass is 9.98. The summed E-state index contributed by atoms with van der Waals surface area (Å²) in [5, 5.41) is 0. The quantitative estimate of drug-likeness (QED) is 0.514. The first kappa shape index (κ1) is 20.1. The molecule has 2 aliphatic rings. The lowest BCUT2D eigenvalue weighted by molar-refractivity contribution is 0.0635. The van der Waals surface area contributed by atoms with Crippen molar-refractivity contribution in [1.82, 2.24) is 4.90 Å². The van der Waals surface area contributed by atoms with E-state index in [1.807, 2.05) is 0 Å².